The van der Waals surface area contributed by atoms with Crippen LogP contribution in [0.4, 0.5) is 4.79 Å². The van der Waals surface area contributed by atoms with Crippen molar-refractivity contribution in [2.45, 2.75) is 24.9 Å². The first-order valence-corrected chi connectivity index (χ1v) is 9.63. The largest absolute Gasteiger partial charge is 0.420 e. The van der Waals surface area contributed by atoms with Gasteiger partial charge in [0.25, 0.3) is 5.91 Å². The number of aromatic amines is 1. The molecule has 3 amide bonds. The molecule has 1 atom stereocenters. The van der Waals surface area contributed by atoms with E-state index in [-0.39, 0.29) is 18.5 Å². The number of oxazole rings is 1. The predicted molar refractivity (Wildman–Crippen MR) is 107 cm³/mol. The first kappa shape index (κ1) is 17.0. The third kappa shape index (κ3) is 2.17. The molecular formula is C21H17N5O4. The lowest BCUT2D eigenvalue weighted by molar-refractivity contribution is -0.125. The lowest BCUT2D eigenvalue weighted by Gasteiger charge is -2.27. The number of hydrogen-bond acceptors (Lipinski definition) is 5. The van der Waals surface area contributed by atoms with E-state index in [4.69, 9.17) is 4.42 Å². The summed E-state index contributed by atoms with van der Waals surface area (Å²) in [6.45, 7) is 0.263. The predicted octanol–water partition coefficient (Wildman–Crippen LogP) is 1.54. The van der Waals surface area contributed by atoms with E-state index in [0.717, 1.165) is 22.2 Å². The summed E-state index contributed by atoms with van der Waals surface area (Å²) in [6, 6.07) is 10.8. The van der Waals surface area contributed by atoms with Crippen LogP contribution in [0.25, 0.3) is 22.1 Å². The Bertz CT molecular complexity index is 1400. The molecule has 150 valence electrons. The molecule has 9 nitrogen and oxygen atoms in total. The summed E-state index contributed by atoms with van der Waals surface area (Å²) < 4.78 is 6.83. The zero-order chi connectivity index (χ0) is 20.6. The highest BCUT2D eigenvalue weighted by Crippen LogP contribution is 2.38. The number of imidazole rings is 1. The van der Waals surface area contributed by atoms with Crippen molar-refractivity contribution in [1.82, 2.24) is 24.8 Å². The number of urea groups is 1. The maximum Gasteiger partial charge on any atom is 0.420 e. The first-order chi connectivity index (χ1) is 14.4. The highest BCUT2D eigenvalue weighted by molar-refractivity contribution is 6.07. The average molecular weight is 403 g/mol. The van der Waals surface area contributed by atoms with Gasteiger partial charge < -0.3 is 14.3 Å². The number of aromatic nitrogens is 3. The van der Waals surface area contributed by atoms with Crippen molar-refractivity contribution in [2.24, 2.45) is 0 Å². The van der Waals surface area contributed by atoms with E-state index in [0.29, 0.717) is 29.8 Å². The van der Waals surface area contributed by atoms with E-state index < -0.39 is 11.3 Å². The summed E-state index contributed by atoms with van der Waals surface area (Å²) in [6.07, 6.45) is 0.924. The molecule has 3 heterocycles. The van der Waals surface area contributed by atoms with Gasteiger partial charge in [-0.05, 0) is 35.4 Å². The van der Waals surface area contributed by atoms with Crippen molar-refractivity contribution in [3.8, 4) is 0 Å². The van der Waals surface area contributed by atoms with Crippen LogP contribution in [0.3, 0.4) is 0 Å². The molecule has 0 bridgehead atoms. The monoisotopic (exact) mass is 403 g/mol. The minimum atomic E-state index is -0.857. The second-order valence-electron chi connectivity index (χ2n) is 7.95. The van der Waals surface area contributed by atoms with Crippen molar-refractivity contribution >= 4 is 34.1 Å². The van der Waals surface area contributed by atoms with Gasteiger partial charge in [0.2, 0.25) is 0 Å². The Morgan fingerprint density at radius 1 is 1.13 bits per heavy atom. The van der Waals surface area contributed by atoms with Gasteiger partial charge in [-0.15, -0.1) is 0 Å². The first-order valence-electron chi connectivity index (χ1n) is 9.63. The molecule has 9 heteroatoms. The van der Waals surface area contributed by atoms with Crippen LogP contribution in [0, 0.1) is 0 Å². The van der Waals surface area contributed by atoms with E-state index in [1.54, 1.807) is 17.7 Å². The molecule has 2 aliphatic rings. The number of carbonyl (C=O) groups excluding carboxylic acids is 2. The molecule has 2 aromatic heterocycles. The number of rotatable bonds is 2. The molecule has 2 aromatic carbocycles. The lowest BCUT2D eigenvalue weighted by atomic mass is 9.95. The molecule has 30 heavy (non-hydrogen) atoms. The van der Waals surface area contributed by atoms with Crippen molar-refractivity contribution in [3.63, 3.8) is 0 Å². The number of likely N-dealkylation sites (N-methyl/N-ethyl adjacent to an activating group) is 1. The van der Waals surface area contributed by atoms with Gasteiger partial charge in [0.1, 0.15) is 11.4 Å². The van der Waals surface area contributed by atoms with Gasteiger partial charge in [-0.3, -0.25) is 14.7 Å². The van der Waals surface area contributed by atoms with E-state index in [1.807, 2.05) is 30.3 Å². The number of H-pyrrole nitrogens is 1. The number of amides is 3. The molecule has 4 aromatic rings. The Hall–Kier alpha value is -3.88. The van der Waals surface area contributed by atoms with Gasteiger partial charge in [-0.1, -0.05) is 12.1 Å². The summed E-state index contributed by atoms with van der Waals surface area (Å²) in [5.41, 5.74) is 4.00. The third-order valence-electron chi connectivity index (χ3n) is 6.29. The van der Waals surface area contributed by atoms with Gasteiger partial charge in [0.15, 0.2) is 5.58 Å². The van der Waals surface area contributed by atoms with Gasteiger partial charge in [-0.2, -0.15) is 0 Å². The molecule has 1 unspecified atom stereocenters. The maximum atomic E-state index is 12.5. The fourth-order valence-corrected chi connectivity index (χ4v) is 4.65. The highest BCUT2D eigenvalue weighted by Gasteiger charge is 2.54. The Morgan fingerprint density at radius 3 is 2.67 bits per heavy atom. The van der Waals surface area contributed by atoms with Crippen LogP contribution >= 0.6 is 0 Å². The normalized spacial score (nSPS) is 17.4. The van der Waals surface area contributed by atoms with E-state index in [1.165, 1.54) is 4.90 Å². The number of imide groups is 1. The smallest absolute Gasteiger partial charge is 0.408 e. The highest BCUT2D eigenvalue weighted by atomic mass is 16.4. The van der Waals surface area contributed by atoms with Crippen LogP contribution in [-0.2, 0) is 24.2 Å². The standard InChI is InChI=1S/C21H17N5O4/c1-25-19(28)24-18(27)21(25)8-11-6-13-14(7-12(11)9-21)23-17(22-13)10-26-15-4-2-3-5-16(15)30-20(26)29/h2-7H,8-10H2,1H3,(H,22,23)(H,24,27,28). The number of hydrogen-bond donors (Lipinski definition) is 2. The summed E-state index contributed by atoms with van der Waals surface area (Å²) >= 11 is 0. The van der Waals surface area contributed by atoms with Gasteiger partial charge in [0, 0.05) is 19.9 Å². The Morgan fingerprint density at radius 2 is 1.90 bits per heavy atom. The summed E-state index contributed by atoms with van der Waals surface area (Å²) in [7, 11) is 1.65. The number of benzene rings is 2. The second kappa shape index (κ2) is 5.59. The molecular weight excluding hydrogens is 386 g/mol. The van der Waals surface area contributed by atoms with Crippen LogP contribution in [0.15, 0.2) is 45.6 Å². The number of nitrogens with zero attached hydrogens (tertiary/aromatic N) is 3. The van der Waals surface area contributed by atoms with Crippen LogP contribution < -0.4 is 11.1 Å². The fraction of sp³-hybridized carbons (Fsp3) is 0.238. The van der Waals surface area contributed by atoms with Crippen LogP contribution in [0.1, 0.15) is 17.0 Å². The fourth-order valence-electron chi connectivity index (χ4n) is 4.65. The van der Waals surface area contributed by atoms with Gasteiger partial charge in [0.05, 0.1) is 23.1 Å². The van der Waals surface area contributed by atoms with E-state index >= 15 is 0 Å². The zero-order valence-corrected chi connectivity index (χ0v) is 16.1. The lowest BCUT2D eigenvalue weighted by Crippen LogP contribution is -2.48. The minimum absolute atomic E-state index is 0.255. The van der Waals surface area contributed by atoms with Crippen molar-refractivity contribution in [2.75, 3.05) is 7.05 Å². The number of carbonyl (C=O) groups is 2. The molecule has 1 spiro atoms. The number of para-hydroxylation sites is 2. The number of fused-ring (bicyclic) bond motifs is 3. The molecule has 2 N–H and O–H groups in total. The van der Waals surface area contributed by atoms with Crippen LogP contribution in [-0.4, -0.2) is 44.0 Å². The minimum Gasteiger partial charge on any atom is -0.408 e. The van der Waals surface area contributed by atoms with E-state index in [2.05, 4.69) is 15.3 Å². The topological polar surface area (TPSA) is 113 Å². The Labute approximate surface area is 169 Å². The molecule has 1 aliphatic carbocycles. The Balaban J connectivity index is 1.37. The van der Waals surface area contributed by atoms with Crippen LogP contribution in [0.2, 0.25) is 0 Å². The van der Waals surface area contributed by atoms with Crippen molar-refractivity contribution < 1.29 is 14.0 Å². The quantitative estimate of drug-likeness (QED) is 0.493. The SMILES string of the molecule is CN1C(=O)NC(=O)C12Cc1cc3nc(Cn4c(=O)oc5ccccc54)[nH]c3cc1C2. The second-order valence-corrected chi connectivity index (χ2v) is 7.95. The zero-order valence-electron chi connectivity index (χ0n) is 16.1. The third-order valence-corrected chi connectivity index (χ3v) is 6.29. The molecule has 6 rings (SSSR count). The molecule has 0 saturated carbocycles. The van der Waals surface area contributed by atoms with Gasteiger partial charge in [-0.25, -0.2) is 14.6 Å². The Kier molecular flexibility index (Phi) is 3.17. The average Bonchev–Trinajstić information content (AvgIpc) is 3.42. The molecule has 1 saturated heterocycles. The molecule has 1 aliphatic heterocycles. The number of nitrogens with one attached hydrogen (secondary N) is 2. The van der Waals surface area contributed by atoms with Crippen molar-refractivity contribution in [1.29, 1.82) is 0 Å². The maximum absolute atomic E-state index is 12.5. The van der Waals surface area contributed by atoms with Crippen LogP contribution in [0.5, 0.6) is 0 Å². The van der Waals surface area contributed by atoms with Crippen molar-refractivity contribution in [3.05, 3.63) is 63.9 Å². The summed E-state index contributed by atoms with van der Waals surface area (Å²) in [4.78, 5) is 46.0. The van der Waals surface area contributed by atoms with E-state index in [9.17, 15) is 14.4 Å². The molecule has 1 fully saturated rings. The molecule has 0 radical (unpaired) electrons. The van der Waals surface area contributed by atoms with Gasteiger partial charge >= 0.3 is 11.8 Å². The summed E-state index contributed by atoms with van der Waals surface area (Å²) in [5, 5.41) is 2.41. The summed E-state index contributed by atoms with van der Waals surface area (Å²) in [5.74, 6) is -0.0429.